The molecule has 1 N–H and O–H groups in total. The highest BCUT2D eigenvalue weighted by molar-refractivity contribution is 5.89. The van der Waals surface area contributed by atoms with E-state index in [-0.39, 0.29) is 6.79 Å². The van der Waals surface area contributed by atoms with Crippen LogP contribution in [0.25, 0.3) is 0 Å². The largest absolute Gasteiger partial charge is 0.478 e. The average Bonchev–Trinajstić information content (AvgIpc) is 3.17. The van der Waals surface area contributed by atoms with Crippen molar-refractivity contribution in [3.05, 3.63) is 89.2 Å². The third kappa shape index (κ3) is 4.13. The zero-order chi connectivity index (χ0) is 19.3. The summed E-state index contributed by atoms with van der Waals surface area (Å²) >= 11 is 0. The second-order valence-corrected chi connectivity index (χ2v) is 6.66. The minimum atomic E-state index is -0.917. The quantitative estimate of drug-likeness (QED) is 0.678. The van der Waals surface area contributed by atoms with E-state index in [4.69, 9.17) is 9.47 Å². The van der Waals surface area contributed by atoms with Crippen LogP contribution in [0, 0.1) is 0 Å². The van der Waals surface area contributed by atoms with E-state index in [0.29, 0.717) is 25.2 Å². The van der Waals surface area contributed by atoms with Crippen LogP contribution in [0.4, 0.5) is 0 Å². The molecule has 4 rings (SSSR count). The third-order valence-corrected chi connectivity index (χ3v) is 4.61. The average molecular weight is 376 g/mol. The molecule has 28 heavy (non-hydrogen) atoms. The Labute approximate surface area is 163 Å². The van der Waals surface area contributed by atoms with Crippen molar-refractivity contribution in [2.24, 2.45) is 0 Å². The molecule has 1 aromatic heterocycles. The van der Waals surface area contributed by atoms with Crippen molar-refractivity contribution in [3.63, 3.8) is 0 Å². The monoisotopic (exact) mass is 376 g/mol. The van der Waals surface area contributed by atoms with E-state index in [2.05, 4.69) is 9.88 Å². The van der Waals surface area contributed by atoms with E-state index >= 15 is 0 Å². The van der Waals surface area contributed by atoms with Gasteiger partial charge >= 0.3 is 5.97 Å². The number of hydrogen-bond acceptors (Lipinski definition) is 5. The number of aromatic nitrogens is 1. The number of nitrogens with zero attached hydrogens (tertiary/aromatic N) is 2. The van der Waals surface area contributed by atoms with Gasteiger partial charge in [-0.05, 0) is 41.0 Å². The summed E-state index contributed by atoms with van der Waals surface area (Å²) in [5, 5.41) is 9.50. The molecule has 0 spiro atoms. The Hall–Kier alpha value is -3.38. The number of benzene rings is 2. The molecule has 0 bridgehead atoms. The Morgan fingerprint density at radius 3 is 2.61 bits per heavy atom. The lowest BCUT2D eigenvalue weighted by Gasteiger charge is -2.23. The number of rotatable bonds is 7. The van der Waals surface area contributed by atoms with Crippen molar-refractivity contribution in [2.75, 3.05) is 6.79 Å². The summed E-state index contributed by atoms with van der Waals surface area (Å²) in [6.07, 6.45) is 3.57. The molecule has 3 aromatic rings. The van der Waals surface area contributed by atoms with Gasteiger partial charge in [-0.25, -0.2) is 4.79 Å². The van der Waals surface area contributed by atoms with Crippen molar-refractivity contribution >= 4 is 5.97 Å². The highest BCUT2D eigenvalue weighted by atomic mass is 16.7. The van der Waals surface area contributed by atoms with Crippen LogP contribution in [0.5, 0.6) is 11.5 Å². The Balaban J connectivity index is 1.59. The van der Waals surface area contributed by atoms with Gasteiger partial charge in [-0.3, -0.25) is 9.88 Å². The molecule has 0 radical (unpaired) electrons. The van der Waals surface area contributed by atoms with E-state index in [1.54, 1.807) is 18.3 Å². The summed E-state index contributed by atoms with van der Waals surface area (Å²) in [4.78, 5) is 18.0. The first-order chi connectivity index (χ1) is 13.7. The first kappa shape index (κ1) is 18.0. The van der Waals surface area contributed by atoms with Gasteiger partial charge < -0.3 is 14.6 Å². The number of aromatic carboxylic acids is 1. The fourth-order valence-corrected chi connectivity index (χ4v) is 3.32. The molecule has 0 amide bonds. The van der Waals surface area contributed by atoms with Crippen LogP contribution >= 0.6 is 0 Å². The first-order valence-electron chi connectivity index (χ1n) is 9.00. The summed E-state index contributed by atoms with van der Waals surface area (Å²) in [5.74, 6) is 0.573. The number of carbonyl (C=O) groups is 1. The van der Waals surface area contributed by atoms with Gasteiger partial charge in [0.05, 0.1) is 5.56 Å². The zero-order valence-corrected chi connectivity index (χ0v) is 15.2. The van der Waals surface area contributed by atoms with Crippen LogP contribution in [0.15, 0.2) is 67.0 Å². The van der Waals surface area contributed by atoms with Crippen molar-refractivity contribution < 1.29 is 19.4 Å². The highest BCUT2D eigenvalue weighted by Crippen LogP contribution is 2.33. The molecule has 6 nitrogen and oxygen atoms in total. The standard InChI is InChI=1S/C22H20N2O4/c25-22(26)19-6-2-1-5-18(19)14-24(13-17-4-3-9-23-11-17)12-16-7-8-20-21(10-16)28-15-27-20/h1-11H,12-15H2,(H,25,26). The molecule has 1 aliphatic heterocycles. The van der Waals surface area contributed by atoms with Crippen molar-refractivity contribution in [2.45, 2.75) is 19.6 Å². The van der Waals surface area contributed by atoms with Crippen LogP contribution < -0.4 is 9.47 Å². The lowest BCUT2D eigenvalue weighted by Crippen LogP contribution is -2.23. The van der Waals surface area contributed by atoms with E-state index in [0.717, 1.165) is 28.2 Å². The van der Waals surface area contributed by atoms with Crippen LogP contribution in [0.3, 0.4) is 0 Å². The molecule has 2 heterocycles. The molecule has 6 heteroatoms. The lowest BCUT2D eigenvalue weighted by atomic mass is 10.1. The molecule has 1 aliphatic rings. The normalized spacial score (nSPS) is 12.3. The van der Waals surface area contributed by atoms with Crippen LogP contribution in [-0.2, 0) is 19.6 Å². The Morgan fingerprint density at radius 2 is 1.79 bits per heavy atom. The van der Waals surface area contributed by atoms with E-state index in [1.807, 2.05) is 48.7 Å². The number of ether oxygens (including phenoxy) is 2. The molecule has 142 valence electrons. The van der Waals surface area contributed by atoms with E-state index < -0.39 is 5.97 Å². The molecule has 2 aromatic carbocycles. The minimum Gasteiger partial charge on any atom is -0.478 e. The Bertz CT molecular complexity index is 975. The van der Waals surface area contributed by atoms with Crippen LogP contribution in [0.2, 0.25) is 0 Å². The van der Waals surface area contributed by atoms with Crippen molar-refractivity contribution in [1.82, 2.24) is 9.88 Å². The molecule has 0 aliphatic carbocycles. The molecule has 0 unspecified atom stereocenters. The molecule has 0 saturated heterocycles. The molecule has 0 atom stereocenters. The predicted molar refractivity (Wildman–Crippen MR) is 103 cm³/mol. The van der Waals surface area contributed by atoms with Gasteiger partial charge in [0, 0.05) is 32.0 Å². The molecular weight excluding hydrogens is 356 g/mol. The summed E-state index contributed by atoms with van der Waals surface area (Å²) in [5.41, 5.74) is 3.24. The summed E-state index contributed by atoms with van der Waals surface area (Å²) in [7, 11) is 0. The maximum absolute atomic E-state index is 11.6. The second kappa shape index (κ2) is 8.10. The van der Waals surface area contributed by atoms with Crippen molar-refractivity contribution in [1.29, 1.82) is 0 Å². The smallest absolute Gasteiger partial charge is 0.336 e. The van der Waals surface area contributed by atoms with Crippen molar-refractivity contribution in [3.8, 4) is 11.5 Å². The molecule has 0 saturated carbocycles. The fraction of sp³-hybridized carbons (Fsp3) is 0.182. The van der Waals surface area contributed by atoms with Gasteiger partial charge in [0.15, 0.2) is 11.5 Å². The predicted octanol–water partition coefficient (Wildman–Crippen LogP) is 3.71. The highest BCUT2D eigenvalue weighted by Gasteiger charge is 2.17. The van der Waals surface area contributed by atoms with Crippen LogP contribution in [-0.4, -0.2) is 27.8 Å². The Kier molecular flexibility index (Phi) is 5.21. The second-order valence-electron chi connectivity index (χ2n) is 6.66. The van der Waals surface area contributed by atoms with Gasteiger partial charge in [0.1, 0.15) is 0 Å². The van der Waals surface area contributed by atoms with Gasteiger partial charge in [-0.15, -0.1) is 0 Å². The van der Waals surface area contributed by atoms with Gasteiger partial charge in [0.25, 0.3) is 0 Å². The minimum absolute atomic E-state index is 0.240. The first-order valence-corrected chi connectivity index (χ1v) is 9.00. The SMILES string of the molecule is O=C(O)c1ccccc1CN(Cc1cccnc1)Cc1ccc2c(c1)OCO2. The van der Waals surface area contributed by atoms with Crippen LogP contribution in [0.1, 0.15) is 27.0 Å². The molecule has 0 fully saturated rings. The number of carboxylic acids is 1. The number of carboxylic acid groups (broad SMARTS) is 1. The number of hydrogen-bond donors (Lipinski definition) is 1. The summed E-state index contributed by atoms with van der Waals surface area (Å²) in [6, 6.07) is 16.9. The fourth-order valence-electron chi connectivity index (χ4n) is 3.32. The summed E-state index contributed by atoms with van der Waals surface area (Å²) < 4.78 is 10.9. The van der Waals surface area contributed by atoms with E-state index in [9.17, 15) is 9.90 Å². The van der Waals surface area contributed by atoms with Gasteiger partial charge in [0.2, 0.25) is 6.79 Å². The van der Waals surface area contributed by atoms with E-state index in [1.165, 1.54) is 0 Å². The number of pyridine rings is 1. The molecular formula is C22H20N2O4. The topological polar surface area (TPSA) is 71.9 Å². The lowest BCUT2D eigenvalue weighted by molar-refractivity contribution is 0.0694. The van der Waals surface area contributed by atoms with Gasteiger partial charge in [-0.1, -0.05) is 30.3 Å². The maximum Gasteiger partial charge on any atom is 0.336 e. The third-order valence-electron chi connectivity index (χ3n) is 4.61. The Morgan fingerprint density at radius 1 is 0.964 bits per heavy atom. The summed E-state index contributed by atoms with van der Waals surface area (Å²) in [6.45, 7) is 2.03. The number of fused-ring (bicyclic) bond motifs is 1. The maximum atomic E-state index is 11.6. The van der Waals surface area contributed by atoms with Gasteiger partial charge in [-0.2, -0.15) is 0 Å². The zero-order valence-electron chi connectivity index (χ0n) is 15.2.